The molecule has 0 saturated carbocycles. The molecule has 6 heteroatoms. The Morgan fingerprint density at radius 2 is 2.19 bits per heavy atom. The van der Waals surface area contributed by atoms with E-state index in [-0.39, 0.29) is 11.7 Å². The molecule has 1 N–H and O–H groups in total. The number of nitrogens with one attached hydrogen (secondary N) is 1. The van der Waals surface area contributed by atoms with Crippen LogP contribution in [0.5, 0.6) is 0 Å². The summed E-state index contributed by atoms with van der Waals surface area (Å²) < 4.78 is 14.7. The molecule has 0 unspecified atom stereocenters. The molecule has 1 heterocycles. The van der Waals surface area contributed by atoms with Gasteiger partial charge in [0.25, 0.3) is 0 Å². The molecule has 0 saturated heterocycles. The second-order valence-electron chi connectivity index (χ2n) is 4.91. The fourth-order valence-electron chi connectivity index (χ4n) is 2.09. The molecule has 0 fully saturated rings. The molecule has 0 bridgehead atoms. The predicted molar refractivity (Wildman–Crippen MR) is 79.5 cm³/mol. The standard InChI is InChI=1S/C15H17ClFN3O/c1-10-7-13(20(2)19-10)5-6-15(21)18-9-11-3-4-12(17)8-14(11)16/h3-4,7-8H,5-6,9H2,1-2H3,(H,18,21). The van der Waals surface area contributed by atoms with Crippen LogP contribution in [0.1, 0.15) is 23.4 Å². The third-order valence-electron chi connectivity index (χ3n) is 3.20. The topological polar surface area (TPSA) is 46.9 Å². The van der Waals surface area contributed by atoms with Crippen LogP contribution in [0.25, 0.3) is 0 Å². The van der Waals surface area contributed by atoms with Crippen LogP contribution in [-0.4, -0.2) is 15.7 Å². The van der Waals surface area contributed by atoms with E-state index in [0.29, 0.717) is 30.0 Å². The van der Waals surface area contributed by atoms with Crippen LogP contribution >= 0.6 is 11.6 Å². The summed E-state index contributed by atoms with van der Waals surface area (Å²) in [7, 11) is 1.86. The van der Waals surface area contributed by atoms with Gasteiger partial charge in [0.15, 0.2) is 0 Å². The Balaban J connectivity index is 1.83. The van der Waals surface area contributed by atoms with Gasteiger partial charge in [-0.25, -0.2) is 4.39 Å². The van der Waals surface area contributed by atoms with Crippen molar-refractivity contribution in [1.29, 1.82) is 0 Å². The number of amides is 1. The second-order valence-corrected chi connectivity index (χ2v) is 5.32. The van der Waals surface area contributed by atoms with Crippen molar-refractivity contribution in [3.8, 4) is 0 Å². The highest BCUT2D eigenvalue weighted by Gasteiger charge is 2.08. The third kappa shape index (κ3) is 4.29. The minimum absolute atomic E-state index is 0.0748. The summed E-state index contributed by atoms with van der Waals surface area (Å²) >= 11 is 5.91. The summed E-state index contributed by atoms with van der Waals surface area (Å²) in [5.74, 6) is -0.462. The van der Waals surface area contributed by atoms with E-state index in [1.807, 2.05) is 20.0 Å². The van der Waals surface area contributed by atoms with Crippen LogP contribution in [0.4, 0.5) is 4.39 Å². The van der Waals surface area contributed by atoms with Gasteiger partial charge in [0.2, 0.25) is 5.91 Å². The van der Waals surface area contributed by atoms with E-state index in [0.717, 1.165) is 11.4 Å². The fraction of sp³-hybridized carbons (Fsp3) is 0.333. The summed E-state index contributed by atoms with van der Waals surface area (Å²) in [4.78, 5) is 11.8. The minimum Gasteiger partial charge on any atom is -0.352 e. The number of hydrogen-bond donors (Lipinski definition) is 1. The molecule has 1 amide bonds. The monoisotopic (exact) mass is 309 g/mol. The lowest BCUT2D eigenvalue weighted by Gasteiger charge is -2.07. The number of aryl methyl sites for hydroxylation is 3. The molecule has 0 aliphatic carbocycles. The van der Waals surface area contributed by atoms with Crippen molar-refractivity contribution in [2.75, 3.05) is 0 Å². The van der Waals surface area contributed by atoms with E-state index < -0.39 is 0 Å². The van der Waals surface area contributed by atoms with E-state index in [4.69, 9.17) is 11.6 Å². The largest absolute Gasteiger partial charge is 0.352 e. The first-order chi connectivity index (χ1) is 9.95. The van der Waals surface area contributed by atoms with Crippen molar-refractivity contribution < 1.29 is 9.18 Å². The van der Waals surface area contributed by atoms with Gasteiger partial charge in [0.1, 0.15) is 5.82 Å². The number of hydrogen-bond acceptors (Lipinski definition) is 2. The van der Waals surface area contributed by atoms with Gasteiger partial charge < -0.3 is 5.32 Å². The molecule has 1 aromatic heterocycles. The molecule has 2 aromatic rings. The van der Waals surface area contributed by atoms with E-state index in [2.05, 4.69) is 10.4 Å². The molecule has 0 atom stereocenters. The summed E-state index contributed by atoms with van der Waals surface area (Å²) in [6.07, 6.45) is 0.998. The predicted octanol–water partition coefficient (Wildman–Crippen LogP) is 2.77. The van der Waals surface area contributed by atoms with Gasteiger partial charge in [0, 0.05) is 30.7 Å². The number of aromatic nitrogens is 2. The zero-order chi connectivity index (χ0) is 15.4. The zero-order valence-electron chi connectivity index (χ0n) is 12.0. The third-order valence-corrected chi connectivity index (χ3v) is 3.55. The Morgan fingerprint density at radius 1 is 1.43 bits per heavy atom. The highest BCUT2D eigenvalue weighted by atomic mass is 35.5. The summed E-state index contributed by atoms with van der Waals surface area (Å²) in [6.45, 7) is 2.21. The lowest BCUT2D eigenvalue weighted by atomic mass is 10.2. The number of rotatable bonds is 5. The van der Waals surface area contributed by atoms with Crippen LogP contribution < -0.4 is 5.32 Å². The normalized spacial score (nSPS) is 10.7. The van der Waals surface area contributed by atoms with Gasteiger partial charge in [-0.2, -0.15) is 5.10 Å². The van der Waals surface area contributed by atoms with Crippen LogP contribution in [0, 0.1) is 12.7 Å². The van der Waals surface area contributed by atoms with Gasteiger partial charge in [-0.1, -0.05) is 17.7 Å². The fourth-order valence-corrected chi connectivity index (χ4v) is 2.32. The van der Waals surface area contributed by atoms with Gasteiger partial charge in [-0.15, -0.1) is 0 Å². The van der Waals surface area contributed by atoms with Crippen LogP contribution in [0.15, 0.2) is 24.3 Å². The lowest BCUT2D eigenvalue weighted by molar-refractivity contribution is -0.121. The molecule has 0 aliphatic rings. The number of halogens is 2. The highest BCUT2D eigenvalue weighted by Crippen LogP contribution is 2.16. The highest BCUT2D eigenvalue weighted by molar-refractivity contribution is 6.31. The molecular formula is C15H17ClFN3O. The van der Waals surface area contributed by atoms with Gasteiger partial charge in [0.05, 0.1) is 5.69 Å². The van der Waals surface area contributed by atoms with Crippen molar-refractivity contribution in [3.63, 3.8) is 0 Å². The van der Waals surface area contributed by atoms with Crippen molar-refractivity contribution in [2.24, 2.45) is 7.05 Å². The van der Waals surface area contributed by atoms with Crippen molar-refractivity contribution >= 4 is 17.5 Å². The van der Waals surface area contributed by atoms with Crippen molar-refractivity contribution in [2.45, 2.75) is 26.3 Å². The quantitative estimate of drug-likeness (QED) is 0.923. The van der Waals surface area contributed by atoms with Gasteiger partial charge in [-0.05, 0) is 37.1 Å². The lowest BCUT2D eigenvalue weighted by Crippen LogP contribution is -2.23. The molecule has 1 aromatic carbocycles. The molecule has 112 valence electrons. The van der Waals surface area contributed by atoms with E-state index in [9.17, 15) is 9.18 Å². The van der Waals surface area contributed by atoms with Crippen LogP contribution in [-0.2, 0) is 24.8 Å². The van der Waals surface area contributed by atoms with Gasteiger partial charge in [-0.3, -0.25) is 9.48 Å². The Bertz CT molecular complexity index is 654. The average molecular weight is 310 g/mol. The first-order valence-electron chi connectivity index (χ1n) is 6.66. The molecule has 21 heavy (non-hydrogen) atoms. The van der Waals surface area contributed by atoms with Crippen LogP contribution in [0.2, 0.25) is 5.02 Å². The SMILES string of the molecule is Cc1cc(CCC(=O)NCc2ccc(F)cc2Cl)n(C)n1. The number of benzene rings is 1. The first kappa shape index (κ1) is 15.5. The molecule has 2 rings (SSSR count). The van der Waals surface area contributed by atoms with E-state index in [1.165, 1.54) is 12.1 Å². The van der Waals surface area contributed by atoms with E-state index >= 15 is 0 Å². The van der Waals surface area contributed by atoms with Gasteiger partial charge >= 0.3 is 0 Å². The average Bonchev–Trinajstić information content (AvgIpc) is 2.73. The maximum atomic E-state index is 12.9. The Kier molecular flexibility index (Phi) is 4.96. The number of nitrogens with zero attached hydrogens (tertiary/aromatic N) is 2. The second kappa shape index (κ2) is 6.72. The Labute approximate surface area is 127 Å². The summed E-state index contributed by atoms with van der Waals surface area (Å²) in [5, 5.41) is 7.33. The van der Waals surface area contributed by atoms with Crippen LogP contribution in [0.3, 0.4) is 0 Å². The molecular weight excluding hydrogens is 293 g/mol. The Hall–Kier alpha value is -1.88. The minimum atomic E-state index is -0.387. The number of carbonyl (C=O) groups is 1. The van der Waals surface area contributed by atoms with E-state index in [1.54, 1.807) is 10.7 Å². The maximum Gasteiger partial charge on any atom is 0.220 e. The smallest absolute Gasteiger partial charge is 0.220 e. The van der Waals surface area contributed by atoms with Crippen molar-refractivity contribution in [1.82, 2.24) is 15.1 Å². The molecule has 0 radical (unpaired) electrons. The molecule has 4 nitrogen and oxygen atoms in total. The number of carbonyl (C=O) groups excluding carboxylic acids is 1. The summed E-state index contributed by atoms with van der Waals surface area (Å²) in [6, 6.07) is 6.10. The molecule has 0 aliphatic heterocycles. The zero-order valence-corrected chi connectivity index (χ0v) is 12.7. The maximum absolute atomic E-state index is 12.9. The summed E-state index contributed by atoms with van der Waals surface area (Å²) in [5.41, 5.74) is 2.65. The Morgan fingerprint density at radius 3 is 2.81 bits per heavy atom. The molecule has 0 spiro atoms. The first-order valence-corrected chi connectivity index (χ1v) is 7.03. The van der Waals surface area contributed by atoms with Crippen molar-refractivity contribution in [3.05, 3.63) is 52.1 Å².